The summed E-state index contributed by atoms with van der Waals surface area (Å²) in [6, 6.07) is 10.8. The zero-order chi connectivity index (χ0) is 23.3. The summed E-state index contributed by atoms with van der Waals surface area (Å²) in [4.78, 5) is 41.9. The van der Waals surface area contributed by atoms with Gasteiger partial charge in [0.1, 0.15) is 11.1 Å². The summed E-state index contributed by atoms with van der Waals surface area (Å²) in [5.41, 5.74) is 0.588. The Hall–Kier alpha value is -3.31. The quantitative estimate of drug-likeness (QED) is 0.474. The number of amides is 2. The van der Waals surface area contributed by atoms with Gasteiger partial charge in [0.15, 0.2) is 5.17 Å². The van der Waals surface area contributed by atoms with E-state index in [1.54, 1.807) is 6.92 Å². The van der Waals surface area contributed by atoms with Gasteiger partial charge in [-0.05, 0) is 37.3 Å². The minimum Gasteiger partial charge on any atom is -0.383 e. The molecule has 0 spiro atoms. The Balaban J connectivity index is 1.77. The van der Waals surface area contributed by atoms with Gasteiger partial charge >= 0.3 is 0 Å². The third-order valence-electron chi connectivity index (χ3n) is 4.58. The molecule has 0 saturated carbocycles. The molecule has 0 aromatic heterocycles. The van der Waals surface area contributed by atoms with Crippen LogP contribution in [-0.4, -0.2) is 51.8 Å². The monoisotopic (exact) mass is 460 g/mol. The summed E-state index contributed by atoms with van der Waals surface area (Å²) in [7, 11) is 1.52. The molecule has 11 heteroatoms. The number of halogens is 1. The molecule has 3 rings (SSSR count). The van der Waals surface area contributed by atoms with Crippen molar-refractivity contribution in [3.05, 3.63) is 64.5 Å². The number of nitro groups is 1. The number of aliphatic imine (C=N–C) groups is 1. The number of nitro benzene ring substituents is 1. The van der Waals surface area contributed by atoms with Crippen molar-refractivity contribution in [1.29, 1.82) is 0 Å². The number of methoxy groups -OCH3 is 1. The average Bonchev–Trinajstić information content (AvgIpc) is 3.04. The van der Waals surface area contributed by atoms with Crippen LogP contribution in [0.2, 0.25) is 0 Å². The lowest BCUT2D eigenvalue weighted by molar-refractivity contribution is -0.384. The van der Waals surface area contributed by atoms with Crippen molar-refractivity contribution in [2.45, 2.75) is 24.6 Å². The van der Waals surface area contributed by atoms with E-state index in [9.17, 15) is 24.1 Å². The molecule has 2 aromatic carbocycles. The fourth-order valence-corrected chi connectivity index (χ4v) is 4.36. The van der Waals surface area contributed by atoms with Crippen molar-refractivity contribution in [3.63, 3.8) is 0 Å². The summed E-state index contributed by atoms with van der Waals surface area (Å²) in [6.07, 6.45) is -0.148. The SMILES string of the molecule is COC[C@@H](C)N1C(=O)[C@@H](CC(=O)Nc2cccc([N+](=O)[O-])c2)SC1=Nc1ccc(F)cc1. The number of hydrogen-bond acceptors (Lipinski definition) is 7. The molecule has 1 aliphatic heterocycles. The number of carbonyl (C=O) groups excluding carboxylic acids is 2. The molecular formula is C21H21FN4O5S. The first kappa shape index (κ1) is 23.4. The van der Waals surface area contributed by atoms with Crippen molar-refractivity contribution < 1.29 is 23.6 Å². The first-order valence-electron chi connectivity index (χ1n) is 9.65. The molecule has 0 bridgehead atoms. The Morgan fingerprint density at radius 2 is 2.06 bits per heavy atom. The van der Waals surface area contributed by atoms with Gasteiger partial charge in [-0.2, -0.15) is 0 Å². The highest BCUT2D eigenvalue weighted by molar-refractivity contribution is 8.15. The molecule has 2 atom stereocenters. The van der Waals surface area contributed by atoms with Crippen molar-refractivity contribution >= 4 is 45.8 Å². The maximum Gasteiger partial charge on any atom is 0.271 e. The summed E-state index contributed by atoms with van der Waals surface area (Å²) < 4.78 is 18.4. The van der Waals surface area contributed by atoms with E-state index < -0.39 is 21.9 Å². The standard InChI is InChI=1S/C21H21FN4O5S/c1-13(12-31-2)25-20(28)18(32-21(25)24-15-8-6-14(22)7-9-15)11-19(27)23-16-4-3-5-17(10-16)26(29)30/h3-10,13,18H,11-12H2,1-2H3,(H,23,27)/t13-,18-/m1/s1. The van der Waals surface area contributed by atoms with Crippen LogP contribution in [0.15, 0.2) is 53.5 Å². The second kappa shape index (κ2) is 10.3. The highest BCUT2D eigenvalue weighted by Gasteiger charge is 2.41. The molecule has 1 N–H and O–H groups in total. The minimum absolute atomic E-state index is 0.148. The zero-order valence-electron chi connectivity index (χ0n) is 17.4. The van der Waals surface area contributed by atoms with E-state index in [-0.39, 0.29) is 36.4 Å². The second-order valence-corrected chi connectivity index (χ2v) is 8.22. The van der Waals surface area contributed by atoms with Crippen molar-refractivity contribution in [2.24, 2.45) is 4.99 Å². The van der Waals surface area contributed by atoms with Gasteiger partial charge in [0.2, 0.25) is 11.8 Å². The Morgan fingerprint density at radius 1 is 1.34 bits per heavy atom. The van der Waals surface area contributed by atoms with Crippen LogP contribution in [0.5, 0.6) is 0 Å². The second-order valence-electron chi connectivity index (χ2n) is 7.05. The van der Waals surface area contributed by atoms with Crippen molar-refractivity contribution in [1.82, 2.24) is 4.90 Å². The highest BCUT2D eigenvalue weighted by atomic mass is 32.2. The lowest BCUT2D eigenvalue weighted by Gasteiger charge is -2.23. The third kappa shape index (κ3) is 5.68. The summed E-state index contributed by atoms with van der Waals surface area (Å²) in [5, 5.41) is 13.2. The van der Waals surface area contributed by atoms with E-state index in [0.717, 1.165) is 11.8 Å². The first-order chi connectivity index (χ1) is 15.3. The summed E-state index contributed by atoms with van der Waals surface area (Å²) >= 11 is 1.14. The van der Waals surface area contributed by atoms with Gasteiger partial charge in [0.25, 0.3) is 5.69 Å². The van der Waals surface area contributed by atoms with E-state index in [2.05, 4.69) is 10.3 Å². The van der Waals surface area contributed by atoms with Gasteiger partial charge in [0, 0.05) is 31.4 Å². The van der Waals surface area contributed by atoms with Crippen LogP contribution >= 0.6 is 11.8 Å². The lowest BCUT2D eigenvalue weighted by atomic mass is 10.2. The number of hydrogen-bond donors (Lipinski definition) is 1. The predicted molar refractivity (Wildman–Crippen MR) is 119 cm³/mol. The lowest BCUT2D eigenvalue weighted by Crippen LogP contribution is -2.42. The van der Waals surface area contributed by atoms with Gasteiger partial charge in [-0.1, -0.05) is 17.8 Å². The molecule has 168 valence electrons. The molecule has 2 aromatic rings. The van der Waals surface area contributed by atoms with Crippen LogP contribution in [0.1, 0.15) is 13.3 Å². The van der Waals surface area contributed by atoms with Crippen LogP contribution in [0.3, 0.4) is 0 Å². The van der Waals surface area contributed by atoms with Crippen LogP contribution in [0.25, 0.3) is 0 Å². The number of non-ortho nitro benzene ring substituents is 1. The molecule has 32 heavy (non-hydrogen) atoms. The number of benzene rings is 2. The first-order valence-corrected chi connectivity index (χ1v) is 10.5. The molecule has 1 heterocycles. The smallest absolute Gasteiger partial charge is 0.271 e. The summed E-state index contributed by atoms with van der Waals surface area (Å²) in [5.74, 6) is -1.15. The number of amidine groups is 1. The molecular weight excluding hydrogens is 439 g/mol. The van der Waals surface area contributed by atoms with Gasteiger partial charge in [-0.25, -0.2) is 9.38 Å². The fourth-order valence-electron chi connectivity index (χ4n) is 3.12. The predicted octanol–water partition coefficient (Wildman–Crippen LogP) is 3.73. The molecule has 1 saturated heterocycles. The Kier molecular flexibility index (Phi) is 7.54. The maximum atomic E-state index is 13.2. The molecule has 0 unspecified atom stereocenters. The molecule has 0 aliphatic carbocycles. The normalized spacial score (nSPS) is 18.1. The average molecular weight is 460 g/mol. The van der Waals surface area contributed by atoms with Crippen molar-refractivity contribution in [2.75, 3.05) is 19.0 Å². The number of thioether (sulfide) groups is 1. The van der Waals surface area contributed by atoms with E-state index >= 15 is 0 Å². The molecule has 1 fully saturated rings. The van der Waals surface area contributed by atoms with Crippen LogP contribution in [-0.2, 0) is 14.3 Å². The van der Waals surface area contributed by atoms with Crippen LogP contribution < -0.4 is 5.32 Å². The summed E-state index contributed by atoms with van der Waals surface area (Å²) in [6.45, 7) is 2.06. The van der Waals surface area contributed by atoms with E-state index in [1.165, 1.54) is 60.5 Å². The van der Waals surface area contributed by atoms with E-state index in [1.807, 2.05) is 0 Å². The number of ether oxygens (including phenoxy) is 1. The molecule has 2 amide bonds. The Labute approximate surface area is 187 Å². The Bertz CT molecular complexity index is 1050. The molecule has 0 radical (unpaired) electrons. The minimum atomic E-state index is -0.729. The topological polar surface area (TPSA) is 114 Å². The number of nitrogens with one attached hydrogen (secondary N) is 1. The maximum absolute atomic E-state index is 13.2. The largest absolute Gasteiger partial charge is 0.383 e. The Morgan fingerprint density at radius 3 is 2.72 bits per heavy atom. The fraction of sp³-hybridized carbons (Fsp3) is 0.286. The highest BCUT2D eigenvalue weighted by Crippen LogP contribution is 2.33. The van der Waals surface area contributed by atoms with Gasteiger partial charge in [0.05, 0.1) is 23.3 Å². The molecule has 9 nitrogen and oxygen atoms in total. The van der Waals surface area contributed by atoms with E-state index in [4.69, 9.17) is 4.74 Å². The third-order valence-corrected chi connectivity index (χ3v) is 5.73. The number of nitrogens with zero attached hydrogens (tertiary/aromatic N) is 3. The molecule has 1 aliphatic rings. The number of carbonyl (C=O) groups is 2. The van der Waals surface area contributed by atoms with Gasteiger partial charge in [-0.3, -0.25) is 24.6 Å². The zero-order valence-corrected chi connectivity index (χ0v) is 18.2. The van der Waals surface area contributed by atoms with Gasteiger partial charge < -0.3 is 10.1 Å². The van der Waals surface area contributed by atoms with Gasteiger partial charge in [-0.15, -0.1) is 0 Å². The number of rotatable bonds is 8. The van der Waals surface area contributed by atoms with Crippen molar-refractivity contribution in [3.8, 4) is 0 Å². The van der Waals surface area contributed by atoms with E-state index in [0.29, 0.717) is 10.9 Å². The van der Waals surface area contributed by atoms with Crippen LogP contribution in [0, 0.1) is 15.9 Å². The van der Waals surface area contributed by atoms with Crippen LogP contribution in [0.4, 0.5) is 21.5 Å². The number of anilines is 1.